The molecule has 0 aromatic heterocycles. The van der Waals surface area contributed by atoms with Crippen molar-refractivity contribution in [2.45, 2.75) is 6.92 Å². The highest BCUT2D eigenvalue weighted by Crippen LogP contribution is 1.95. The van der Waals surface area contributed by atoms with Gasteiger partial charge in [0.05, 0.1) is 18.9 Å². The first-order valence-electron chi connectivity index (χ1n) is 3.60. The molecule has 0 heterocycles. The van der Waals surface area contributed by atoms with Crippen LogP contribution in [0, 0.1) is 0 Å². The summed E-state index contributed by atoms with van der Waals surface area (Å²) in [4.78, 5) is 21.3. The second kappa shape index (κ2) is 6.90. The molecule has 0 spiro atoms. The molecule has 0 aliphatic rings. The second-order valence-electron chi connectivity index (χ2n) is 2.12. The van der Waals surface area contributed by atoms with Crippen molar-refractivity contribution in [3.8, 4) is 0 Å². The Morgan fingerprint density at radius 3 is 2.57 bits per heavy atom. The van der Waals surface area contributed by atoms with E-state index in [1.54, 1.807) is 0 Å². The lowest BCUT2D eigenvalue weighted by molar-refractivity contribution is -0.136. The minimum absolute atomic E-state index is 0.287. The van der Waals surface area contributed by atoms with E-state index in [4.69, 9.17) is 4.43 Å². The molecule has 0 aromatic rings. The molecule has 2 radical (unpaired) electrons. The number of methoxy groups -OCH3 is 1. The van der Waals surface area contributed by atoms with E-state index in [1.807, 2.05) is 0 Å². The lowest BCUT2D eigenvalue weighted by atomic mass is 10.3. The minimum Gasteiger partial charge on any atom is -0.514 e. The van der Waals surface area contributed by atoms with Gasteiger partial charge in [0, 0.05) is 6.08 Å². The third-order valence-corrected chi connectivity index (χ3v) is 1.60. The van der Waals surface area contributed by atoms with Crippen molar-refractivity contribution < 1.29 is 23.2 Å². The SMILES string of the molecule is C=CC(=O)O[Si]OC=C(C)C(=O)OC. The van der Waals surface area contributed by atoms with E-state index < -0.39 is 21.9 Å². The van der Waals surface area contributed by atoms with Crippen molar-refractivity contribution >= 4 is 21.9 Å². The molecule has 0 fully saturated rings. The average Bonchev–Trinajstić information content (AvgIpc) is 2.22. The molecule has 76 valence electrons. The van der Waals surface area contributed by atoms with Crippen molar-refractivity contribution in [2.75, 3.05) is 7.11 Å². The molecular formula is C8H10O5Si. The van der Waals surface area contributed by atoms with Crippen LogP contribution >= 0.6 is 0 Å². The van der Waals surface area contributed by atoms with Gasteiger partial charge in [-0.1, -0.05) is 6.58 Å². The predicted molar refractivity (Wildman–Crippen MR) is 48.9 cm³/mol. The van der Waals surface area contributed by atoms with Gasteiger partial charge in [0.15, 0.2) is 0 Å². The van der Waals surface area contributed by atoms with Gasteiger partial charge in [-0.05, 0) is 6.92 Å². The molecule has 0 N–H and O–H groups in total. The van der Waals surface area contributed by atoms with E-state index in [-0.39, 0.29) is 5.57 Å². The largest absolute Gasteiger partial charge is 0.612 e. The van der Waals surface area contributed by atoms with Crippen LogP contribution in [0.15, 0.2) is 24.5 Å². The maximum absolute atomic E-state index is 10.8. The summed E-state index contributed by atoms with van der Waals surface area (Å²) in [6, 6.07) is 0. The van der Waals surface area contributed by atoms with E-state index in [2.05, 4.69) is 15.7 Å². The number of rotatable bonds is 5. The van der Waals surface area contributed by atoms with Crippen molar-refractivity contribution in [1.82, 2.24) is 0 Å². The van der Waals surface area contributed by atoms with Crippen molar-refractivity contribution in [3.05, 3.63) is 24.5 Å². The molecule has 0 saturated heterocycles. The van der Waals surface area contributed by atoms with Crippen LogP contribution in [0.2, 0.25) is 0 Å². The summed E-state index contributed by atoms with van der Waals surface area (Å²) in [7, 11) is 0.765. The molecule has 0 rings (SSSR count). The zero-order valence-corrected chi connectivity index (χ0v) is 8.90. The van der Waals surface area contributed by atoms with Crippen LogP contribution < -0.4 is 0 Å². The summed E-state index contributed by atoms with van der Waals surface area (Å²) in [5.74, 6) is -1.07. The lowest BCUT2D eigenvalue weighted by Crippen LogP contribution is -2.08. The molecule has 0 aliphatic heterocycles. The first-order chi connectivity index (χ1) is 6.61. The number of carbonyl (C=O) groups excluding carboxylic acids is 2. The number of hydrogen-bond donors (Lipinski definition) is 0. The van der Waals surface area contributed by atoms with Crippen molar-refractivity contribution in [3.63, 3.8) is 0 Å². The minimum atomic E-state index is -0.576. The molecule has 5 nitrogen and oxygen atoms in total. The fourth-order valence-electron chi connectivity index (χ4n) is 0.428. The summed E-state index contributed by atoms with van der Waals surface area (Å²) in [6.45, 7) is 4.72. The summed E-state index contributed by atoms with van der Waals surface area (Å²) < 4.78 is 13.7. The highest BCUT2D eigenvalue weighted by Gasteiger charge is 2.04. The molecule has 0 unspecified atom stereocenters. The van der Waals surface area contributed by atoms with E-state index in [0.29, 0.717) is 0 Å². The van der Waals surface area contributed by atoms with Gasteiger partial charge in [0.1, 0.15) is 0 Å². The molecule has 0 aromatic carbocycles. The fraction of sp³-hybridized carbons (Fsp3) is 0.250. The van der Waals surface area contributed by atoms with Crippen LogP contribution in [-0.2, 0) is 23.2 Å². The Hall–Kier alpha value is -1.56. The molecule has 14 heavy (non-hydrogen) atoms. The molecule has 6 heteroatoms. The predicted octanol–water partition coefficient (Wildman–Crippen LogP) is 0.343. The monoisotopic (exact) mass is 214 g/mol. The van der Waals surface area contributed by atoms with Gasteiger partial charge < -0.3 is 13.6 Å². The Morgan fingerprint density at radius 1 is 1.43 bits per heavy atom. The standard InChI is InChI=1S/C8H10O5Si/c1-4-7(9)13-14-12-5-6(2)8(10)11-3/h4-5H,1H2,2-3H3. The van der Waals surface area contributed by atoms with E-state index in [1.165, 1.54) is 20.3 Å². The highest BCUT2D eigenvalue weighted by atomic mass is 28.3. The number of hydrogen-bond acceptors (Lipinski definition) is 5. The first kappa shape index (κ1) is 12.4. The zero-order valence-electron chi connectivity index (χ0n) is 7.90. The van der Waals surface area contributed by atoms with Crippen LogP contribution in [0.1, 0.15) is 6.92 Å². The molecule has 0 amide bonds. The maximum Gasteiger partial charge on any atom is 0.612 e. The Balaban J connectivity index is 3.76. The van der Waals surface area contributed by atoms with Gasteiger partial charge in [-0.3, -0.25) is 0 Å². The molecule has 0 atom stereocenters. The Kier molecular flexibility index (Phi) is 6.13. The van der Waals surface area contributed by atoms with Crippen LogP contribution in [0.25, 0.3) is 0 Å². The highest BCUT2D eigenvalue weighted by molar-refractivity contribution is 6.23. The van der Waals surface area contributed by atoms with E-state index in [0.717, 1.165) is 6.08 Å². The Bertz CT molecular complexity index is 258. The van der Waals surface area contributed by atoms with Gasteiger partial charge in [0.2, 0.25) is 0 Å². The maximum atomic E-state index is 10.8. The Morgan fingerprint density at radius 2 is 2.07 bits per heavy atom. The first-order valence-corrected chi connectivity index (χ1v) is 4.42. The molecule has 0 bridgehead atoms. The second-order valence-corrected chi connectivity index (χ2v) is 2.73. The fourth-order valence-corrected chi connectivity index (χ4v) is 0.867. The summed E-state index contributed by atoms with van der Waals surface area (Å²) in [6.07, 6.45) is 2.19. The van der Waals surface area contributed by atoms with Crippen molar-refractivity contribution in [1.29, 1.82) is 0 Å². The van der Waals surface area contributed by atoms with Gasteiger partial charge in [-0.2, -0.15) is 0 Å². The van der Waals surface area contributed by atoms with E-state index in [9.17, 15) is 9.59 Å². The average molecular weight is 214 g/mol. The topological polar surface area (TPSA) is 61.8 Å². The summed E-state index contributed by atoms with van der Waals surface area (Å²) >= 11 is 0. The lowest BCUT2D eigenvalue weighted by Gasteiger charge is -2.00. The van der Waals surface area contributed by atoms with Crippen LogP contribution in [-0.4, -0.2) is 29.1 Å². The summed E-state index contributed by atoms with van der Waals surface area (Å²) in [5.41, 5.74) is 0.287. The number of esters is 1. The number of carbonyl (C=O) groups is 2. The van der Waals surface area contributed by atoms with Crippen LogP contribution in [0.4, 0.5) is 0 Å². The molecule has 0 aliphatic carbocycles. The third-order valence-electron chi connectivity index (χ3n) is 1.10. The van der Waals surface area contributed by atoms with Gasteiger partial charge in [-0.25, -0.2) is 9.59 Å². The smallest absolute Gasteiger partial charge is 0.514 e. The van der Waals surface area contributed by atoms with Crippen LogP contribution in [0.3, 0.4) is 0 Å². The van der Waals surface area contributed by atoms with Gasteiger partial charge in [0.25, 0.3) is 0 Å². The molecular weight excluding hydrogens is 204 g/mol. The van der Waals surface area contributed by atoms with Crippen LogP contribution in [0.5, 0.6) is 0 Å². The number of ether oxygens (including phenoxy) is 1. The van der Waals surface area contributed by atoms with Gasteiger partial charge in [-0.15, -0.1) is 0 Å². The van der Waals surface area contributed by atoms with Gasteiger partial charge >= 0.3 is 21.9 Å². The van der Waals surface area contributed by atoms with Crippen molar-refractivity contribution in [2.24, 2.45) is 0 Å². The zero-order chi connectivity index (χ0) is 11.0. The summed E-state index contributed by atoms with van der Waals surface area (Å²) in [5, 5.41) is 0. The quantitative estimate of drug-likeness (QED) is 0.217. The normalized spacial score (nSPS) is 10.3. The van der Waals surface area contributed by atoms with E-state index >= 15 is 0 Å². The Labute approximate surface area is 84.4 Å². The third kappa shape index (κ3) is 5.15. The molecule has 0 saturated carbocycles.